The van der Waals surface area contributed by atoms with Gasteiger partial charge in [0.1, 0.15) is 0 Å². The van der Waals surface area contributed by atoms with E-state index in [0.29, 0.717) is 6.61 Å². The minimum absolute atomic E-state index is 0.291. The highest BCUT2D eigenvalue weighted by Gasteiger charge is 1.89. The van der Waals surface area contributed by atoms with Crippen LogP contribution in [-0.4, -0.2) is 12.6 Å². The number of allylic oxidation sites excluding steroid dienone is 5. The molecule has 0 saturated heterocycles. The van der Waals surface area contributed by atoms with Crippen LogP contribution in [0, 0.1) is 0 Å². The van der Waals surface area contributed by atoms with Gasteiger partial charge < -0.3 is 4.74 Å². The molecule has 0 unspecified atom stereocenters. The van der Waals surface area contributed by atoms with Gasteiger partial charge in [-0.05, 0) is 19.8 Å². The van der Waals surface area contributed by atoms with E-state index >= 15 is 0 Å². The van der Waals surface area contributed by atoms with Gasteiger partial charge in [-0.2, -0.15) is 0 Å². The maximum absolute atomic E-state index is 10.8. The highest BCUT2D eigenvalue weighted by Crippen LogP contribution is 1.89. The van der Waals surface area contributed by atoms with Crippen LogP contribution >= 0.6 is 0 Å². The van der Waals surface area contributed by atoms with E-state index in [9.17, 15) is 4.79 Å². The summed E-state index contributed by atoms with van der Waals surface area (Å²) in [6.07, 6.45) is 13.1. The minimum Gasteiger partial charge on any atom is -0.463 e. The molecule has 0 spiro atoms. The lowest BCUT2D eigenvalue weighted by Crippen LogP contribution is -1.98. The summed E-state index contributed by atoms with van der Waals surface area (Å²) in [5.41, 5.74) is 0. The predicted octanol–water partition coefficient (Wildman–Crippen LogP) is 3.02. The molecule has 0 aliphatic rings. The van der Waals surface area contributed by atoms with Gasteiger partial charge in [0.25, 0.3) is 0 Å². The highest BCUT2D eigenvalue weighted by molar-refractivity contribution is 5.82. The van der Waals surface area contributed by atoms with E-state index in [1.54, 1.807) is 13.0 Å². The molecule has 14 heavy (non-hydrogen) atoms. The fraction of sp³-hybridized carbons (Fsp3) is 0.417. The van der Waals surface area contributed by atoms with Crippen molar-refractivity contribution >= 4 is 5.97 Å². The van der Waals surface area contributed by atoms with Crippen molar-refractivity contribution in [3.05, 3.63) is 36.5 Å². The first-order valence-corrected chi connectivity index (χ1v) is 4.96. The molecular formula is C12H18O2. The number of carbonyl (C=O) groups excluding carboxylic acids is 1. The molecule has 0 fully saturated rings. The molecule has 0 aromatic heterocycles. The van der Waals surface area contributed by atoms with Crippen LogP contribution in [0.3, 0.4) is 0 Å². The zero-order chi connectivity index (χ0) is 10.6. The smallest absolute Gasteiger partial charge is 0.330 e. The Morgan fingerprint density at radius 3 is 2.57 bits per heavy atom. The standard InChI is InChI=1S/C12H18O2/c1-3-5-6-7-8-9-10-11-12(13)14-4-2/h5-6,8-11H,3-4,7H2,1-2H3/b6-5-,9-8-,11-10+. The van der Waals surface area contributed by atoms with E-state index < -0.39 is 0 Å². The molecule has 0 aliphatic carbocycles. The molecule has 0 saturated carbocycles. The van der Waals surface area contributed by atoms with E-state index in [1.165, 1.54) is 6.08 Å². The Labute approximate surface area is 86.0 Å². The van der Waals surface area contributed by atoms with Crippen molar-refractivity contribution in [3.8, 4) is 0 Å². The molecule has 0 atom stereocenters. The summed E-state index contributed by atoms with van der Waals surface area (Å²) in [6.45, 7) is 4.31. The van der Waals surface area contributed by atoms with Crippen LogP contribution in [0.2, 0.25) is 0 Å². The highest BCUT2D eigenvalue weighted by atomic mass is 16.5. The first-order chi connectivity index (χ1) is 6.81. The van der Waals surface area contributed by atoms with Crippen molar-refractivity contribution in [3.63, 3.8) is 0 Å². The Balaban J connectivity index is 3.59. The molecule has 0 radical (unpaired) electrons. The van der Waals surface area contributed by atoms with Gasteiger partial charge in [-0.25, -0.2) is 4.79 Å². The molecule has 0 aromatic rings. The maximum Gasteiger partial charge on any atom is 0.330 e. The molecule has 0 rings (SSSR count). The quantitative estimate of drug-likeness (QED) is 0.281. The lowest BCUT2D eigenvalue weighted by Gasteiger charge is -1.92. The summed E-state index contributed by atoms with van der Waals surface area (Å²) in [5, 5.41) is 0. The monoisotopic (exact) mass is 194 g/mol. The Morgan fingerprint density at radius 2 is 1.93 bits per heavy atom. The first kappa shape index (κ1) is 12.7. The molecule has 0 amide bonds. The zero-order valence-corrected chi connectivity index (χ0v) is 8.90. The number of rotatable bonds is 6. The normalized spacial score (nSPS) is 11.9. The van der Waals surface area contributed by atoms with Crippen molar-refractivity contribution in [1.82, 2.24) is 0 Å². The fourth-order valence-corrected chi connectivity index (χ4v) is 0.823. The van der Waals surface area contributed by atoms with Gasteiger partial charge in [0.2, 0.25) is 0 Å². The average Bonchev–Trinajstić information content (AvgIpc) is 2.17. The molecule has 2 nitrogen and oxygen atoms in total. The second-order valence-electron chi connectivity index (χ2n) is 2.65. The Morgan fingerprint density at radius 1 is 1.14 bits per heavy atom. The topological polar surface area (TPSA) is 26.3 Å². The molecule has 0 N–H and O–H groups in total. The lowest BCUT2D eigenvalue weighted by atomic mass is 10.3. The van der Waals surface area contributed by atoms with E-state index in [-0.39, 0.29) is 5.97 Å². The zero-order valence-electron chi connectivity index (χ0n) is 8.90. The second-order valence-corrected chi connectivity index (χ2v) is 2.65. The third-order valence-electron chi connectivity index (χ3n) is 1.44. The summed E-state index contributed by atoms with van der Waals surface area (Å²) in [4.78, 5) is 10.8. The summed E-state index contributed by atoms with van der Waals surface area (Å²) in [7, 11) is 0. The van der Waals surface area contributed by atoms with E-state index in [1.807, 2.05) is 12.2 Å². The number of esters is 1. The van der Waals surface area contributed by atoms with Gasteiger partial charge >= 0.3 is 5.97 Å². The molecule has 0 bridgehead atoms. The predicted molar refractivity (Wildman–Crippen MR) is 59.0 cm³/mol. The van der Waals surface area contributed by atoms with Gasteiger partial charge in [0.05, 0.1) is 6.61 Å². The van der Waals surface area contributed by atoms with Crippen LogP contribution in [0.1, 0.15) is 26.7 Å². The minimum atomic E-state index is -0.291. The Bertz CT molecular complexity index is 224. The van der Waals surface area contributed by atoms with Gasteiger partial charge in [-0.3, -0.25) is 0 Å². The van der Waals surface area contributed by atoms with Gasteiger partial charge in [-0.15, -0.1) is 0 Å². The van der Waals surface area contributed by atoms with Crippen molar-refractivity contribution in [2.45, 2.75) is 26.7 Å². The molecular weight excluding hydrogens is 176 g/mol. The van der Waals surface area contributed by atoms with Gasteiger partial charge in [0.15, 0.2) is 0 Å². The number of ether oxygens (including phenoxy) is 1. The van der Waals surface area contributed by atoms with Gasteiger partial charge in [-0.1, -0.05) is 37.3 Å². The molecule has 0 aromatic carbocycles. The number of hydrogen-bond donors (Lipinski definition) is 0. The van der Waals surface area contributed by atoms with Gasteiger partial charge in [0, 0.05) is 6.08 Å². The Kier molecular flexibility index (Phi) is 8.86. The van der Waals surface area contributed by atoms with Crippen molar-refractivity contribution in [1.29, 1.82) is 0 Å². The summed E-state index contributed by atoms with van der Waals surface area (Å²) in [6, 6.07) is 0. The SMILES string of the molecule is CC/C=C\C/C=C\C=C\C(=O)OCC. The van der Waals surface area contributed by atoms with Crippen LogP contribution < -0.4 is 0 Å². The summed E-state index contributed by atoms with van der Waals surface area (Å²) in [5.74, 6) is -0.291. The lowest BCUT2D eigenvalue weighted by molar-refractivity contribution is -0.137. The first-order valence-electron chi connectivity index (χ1n) is 4.96. The Hall–Kier alpha value is -1.31. The van der Waals surface area contributed by atoms with Crippen molar-refractivity contribution < 1.29 is 9.53 Å². The van der Waals surface area contributed by atoms with Crippen LogP contribution in [0.5, 0.6) is 0 Å². The van der Waals surface area contributed by atoms with Crippen LogP contribution in [-0.2, 0) is 9.53 Å². The van der Waals surface area contributed by atoms with Crippen LogP contribution in [0.4, 0.5) is 0 Å². The summed E-state index contributed by atoms with van der Waals surface area (Å²) < 4.78 is 4.71. The largest absolute Gasteiger partial charge is 0.463 e. The van der Waals surface area contributed by atoms with E-state index in [2.05, 4.69) is 19.1 Å². The molecule has 2 heteroatoms. The molecule has 0 aliphatic heterocycles. The summed E-state index contributed by atoms with van der Waals surface area (Å²) >= 11 is 0. The third kappa shape index (κ3) is 8.78. The average molecular weight is 194 g/mol. The molecule has 0 heterocycles. The number of hydrogen-bond acceptors (Lipinski definition) is 2. The van der Waals surface area contributed by atoms with Crippen molar-refractivity contribution in [2.24, 2.45) is 0 Å². The van der Waals surface area contributed by atoms with E-state index in [0.717, 1.165) is 12.8 Å². The third-order valence-corrected chi connectivity index (χ3v) is 1.44. The maximum atomic E-state index is 10.8. The number of carbonyl (C=O) groups is 1. The van der Waals surface area contributed by atoms with Crippen LogP contribution in [0.25, 0.3) is 0 Å². The van der Waals surface area contributed by atoms with E-state index in [4.69, 9.17) is 4.74 Å². The van der Waals surface area contributed by atoms with Crippen LogP contribution in [0.15, 0.2) is 36.5 Å². The molecule has 78 valence electrons. The van der Waals surface area contributed by atoms with Crippen molar-refractivity contribution in [2.75, 3.05) is 6.61 Å². The fourth-order valence-electron chi connectivity index (χ4n) is 0.823. The second kappa shape index (κ2) is 9.78.